The molecule has 0 unspecified atom stereocenters. The summed E-state index contributed by atoms with van der Waals surface area (Å²) in [7, 11) is 0. The van der Waals surface area contributed by atoms with Gasteiger partial charge in [-0.05, 0) is 24.6 Å². The number of aliphatic carboxylic acids is 1. The maximum atomic E-state index is 10.8. The van der Waals surface area contributed by atoms with Crippen LogP contribution in [0, 0.1) is 6.92 Å². The Morgan fingerprint density at radius 2 is 1.77 bits per heavy atom. The van der Waals surface area contributed by atoms with Crippen LogP contribution in [0.15, 0.2) is 60.7 Å². The Morgan fingerprint density at radius 3 is 2.50 bits per heavy atom. The molecule has 2 aromatic carbocycles. The van der Waals surface area contributed by atoms with Gasteiger partial charge in [-0.1, -0.05) is 48.5 Å². The van der Waals surface area contributed by atoms with Crippen molar-refractivity contribution in [3.63, 3.8) is 0 Å². The third-order valence-electron chi connectivity index (χ3n) is 3.86. The second-order valence-electron chi connectivity index (χ2n) is 5.26. The van der Waals surface area contributed by atoms with Gasteiger partial charge in [0.15, 0.2) is 0 Å². The lowest BCUT2D eigenvalue weighted by atomic mass is 10.1. The third-order valence-corrected chi connectivity index (χ3v) is 3.86. The minimum absolute atomic E-state index is 0.772. The van der Waals surface area contributed by atoms with Crippen LogP contribution in [0.3, 0.4) is 0 Å². The molecule has 110 valence electrons. The smallest absolute Gasteiger partial charge is 0.328 e. The molecule has 0 aliphatic heterocycles. The van der Waals surface area contributed by atoms with Crippen LogP contribution >= 0.6 is 0 Å². The molecule has 3 rings (SSSR count). The first-order valence-corrected chi connectivity index (χ1v) is 7.19. The van der Waals surface area contributed by atoms with Crippen LogP contribution in [0.2, 0.25) is 0 Å². The van der Waals surface area contributed by atoms with Gasteiger partial charge in [0, 0.05) is 34.8 Å². The van der Waals surface area contributed by atoms with Crippen LogP contribution in [0.25, 0.3) is 17.0 Å². The van der Waals surface area contributed by atoms with E-state index in [0.29, 0.717) is 0 Å². The molecule has 0 aliphatic rings. The second-order valence-corrected chi connectivity index (χ2v) is 5.26. The first-order chi connectivity index (χ1) is 10.7. The van der Waals surface area contributed by atoms with Crippen molar-refractivity contribution in [2.24, 2.45) is 0 Å². The Kier molecular flexibility index (Phi) is 3.79. The summed E-state index contributed by atoms with van der Waals surface area (Å²) in [4.78, 5) is 10.8. The molecule has 22 heavy (non-hydrogen) atoms. The molecular weight excluding hydrogens is 274 g/mol. The molecule has 3 heteroatoms. The standard InChI is InChI=1S/C19H17NO2/c1-14-16(11-12-19(21)22)17-9-5-6-10-18(17)20(14)13-15-7-3-2-4-8-15/h2-12H,13H2,1H3,(H,21,22). The van der Waals surface area contributed by atoms with Crippen molar-refractivity contribution in [3.05, 3.63) is 77.5 Å². The lowest BCUT2D eigenvalue weighted by Gasteiger charge is -2.08. The van der Waals surface area contributed by atoms with Crippen molar-refractivity contribution in [2.75, 3.05) is 0 Å². The van der Waals surface area contributed by atoms with Crippen molar-refractivity contribution in [2.45, 2.75) is 13.5 Å². The normalized spacial score (nSPS) is 11.3. The number of carboxylic acid groups (broad SMARTS) is 1. The van der Waals surface area contributed by atoms with Crippen molar-refractivity contribution in [3.8, 4) is 0 Å². The molecule has 1 N–H and O–H groups in total. The summed E-state index contributed by atoms with van der Waals surface area (Å²) in [5.74, 6) is -0.931. The average molecular weight is 291 g/mol. The van der Waals surface area contributed by atoms with Crippen molar-refractivity contribution in [1.29, 1.82) is 0 Å². The Balaban J connectivity index is 2.14. The molecule has 0 fully saturated rings. The highest BCUT2D eigenvalue weighted by Crippen LogP contribution is 2.27. The van der Waals surface area contributed by atoms with Gasteiger partial charge < -0.3 is 9.67 Å². The minimum Gasteiger partial charge on any atom is -0.478 e. The summed E-state index contributed by atoms with van der Waals surface area (Å²) in [5, 5.41) is 9.96. The number of carbonyl (C=O) groups is 1. The summed E-state index contributed by atoms with van der Waals surface area (Å²) >= 11 is 0. The molecule has 0 amide bonds. The fourth-order valence-corrected chi connectivity index (χ4v) is 2.79. The van der Waals surface area contributed by atoms with Crippen LogP contribution in [0.1, 0.15) is 16.8 Å². The molecule has 0 bridgehead atoms. The van der Waals surface area contributed by atoms with Gasteiger partial charge in [0.05, 0.1) is 0 Å². The fourth-order valence-electron chi connectivity index (χ4n) is 2.79. The van der Waals surface area contributed by atoms with Gasteiger partial charge in [0.1, 0.15) is 0 Å². The summed E-state index contributed by atoms with van der Waals surface area (Å²) in [6, 6.07) is 18.4. The number of para-hydroxylation sites is 1. The summed E-state index contributed by atoms with van der Waals surface area (Å²) in [6.07, 6.45) is 2.88. The van der Waals surface area contributed by atoms with Crippen molar-refractivity contribution in [1.82, 2.24) is 4.57 Å². The van der Waals surface area contributed by atoms with Crippen molar-refractivity contribution >= 4 is 22.9 Å². The van der Waals surface area contributed by atoms with Gasteiger partial charge >= 0.3 is 5.97 Å². The zero-order chi connectivity index (χ0) is 15.5. The van der Waals surface area contributed by atoms with E-state index in [2.05, 4.69) is 22.8 Å². The highest BCUT2D eigenvalue weighted by atomic mass is 16.4. The molecule has 0 atom stereocenters. The highest BCUT2D eigenvalue weighted by Gasteiger charge is 2.12. The van der Waals surface area contributed by atoms with E-state index < -0.39 is 5.97 Å². The Hall–Kier alpha value is -2.81. The molecule has 3 nitrogen and oxygen atoms in total. The monoisotopic (exact) mass is 291 g/mol. The first kappa shape index (κ1) is 14.1. The summed E-state index contributed by atoms with van der Waals surface area (Å²) in [5.41, 5.74) is 4.38. The maximum Gasteiger partial charge on any atom is 0.328 e. The van der Waals surface area contributed by atoms with Gasteiger partial charge in [0.2, 0.25) is 0 Å². The van der Waals surface area contributed by atoms with E-state index in [9.17, 15) is 4.79 Å². The van der Waals surface area contributed by atoms with Crippen LogP contribution in [-0.2, 0) is 11.3 Å². The average Bonchev–Trinajstić information content (AvgIpc) is 2.79. The Bertz CT molecular complexity index is 845. The highest BCUT2D eigenvalue weighted by molar-refractivity contribution is 5.95. The third kappa shape index (κ3) is 2.66. The number of carboxylic acids is 1. The summed E-state index contributed by atoms with van der Waals surface area (Å²) in [6.45, 7) is 2.80. The molecule has 0 spiro atoms. The molecular formula is C19H17NO2. The van der Waals surface area contributed by atoms with E-state index in [1.807, 2.05) is 43.3 Å². The Labute approximate surface area is 129 Å². The number of nitrogens with zero attached hydrogens (tertiary/aromatic N) is 1. The molecule has 0 aliphatic carbocycles. The van der Waals surface area contributed by atoms with E-state index in [0.717, 1.165) is 28.7 Å². The first-order valence-electron chi connectivity index (χ1n) is 7.19. The summed E-state index contributed by atoms with van der Waals surface area (Å²) < 4.78 is 2.23. The zero-order valence-electron chi connectivity index (χ0n) is 12.4. The van der Waals surface area contributed by atoms with Gasteiger partial charge in [-0.25, -0.2) is 4.79 Å². The van der Waals surface area contributed by atoms with E-state index in [1.54, 1.807) is 6.08 Å². The SMILES string of the molecule is Cc1c(C=CC(=O)O)c2ccccc2n1Cc1ccccc1. The number of fused-ring (bicyclic) bond motifs is 1. The number of benzene rings is 2. The van der Waals surface area contributed by atoms with Crippen LogP contribution in [-0.4, -0.2) is 15.6 Å². The topological polar surface area (TPSA) is 42.2 Å². The number of hydrogen-bond acceptors (Lipinski definition) is 1. The maximum absolute atomic E-state index is 10.8. The van der Waals surface area contributed by atoms with Gasteiger partial charge in [-0.3, -0.25) is 0 Å². The number of hydrogen-bond donors (Lipinski definition) is 1. The molecule has 0 saturated heterocycles. The molecule has 0 radical (unpaired) electrons. The quantitative estimate of drug-likeness (QED) is 0.735. The zero-order valence-corrected chi connectivity index (χ0v) is 12.4. The molecule has 0 saturated carbocycles. The predicted molar refractivity (Wildman–Crippen MR) is 88.9 cm³/mol. The predicted octanol–water partition coefficient (Wildman–Crippen LogP) is 4.10. The number of aromatic nitrogens is 1. The molecule has 3 aromatic rings. The Morgan fingerprint density at radius 1 is 1.09 bits per heavy atom. The molecule has 1 heterocycles. The van der Waals surface area contributed by atoms with Gasteiger partial charge in [0.25, 0.3) is 0 Å². The van der Waals surface area contributed by atoms with E-state index in [1.165, 1.54) is 11.6 Å². The molecule has 1 aromatic heterocycles. The van der Waals surface area contributed by atoms with Gasteiger partial charge in [-0.15, -0.1) is 0 Å². The minimum atomic E-state index is -0.931. The van der Waals surface area contributed by atoms with E-state index in [-0.39, 0.29) is 0 Å². The number of rotatable bonds is 4. The lowest BCUT2D eigenvalue weighted by molar-refractivity contribution is -0.131. The van der Waals surface area contributed by atoms with E-state index in [4.69, 9.17) is 5.11 Å². The fraction of sp³-hybridized carbons (Fsp3) is 0.105. The largest absolute Gasteiger partial charge is 0.478 e. The van der Waals surface area contributed by atoms with E-state index >= 15 is 0 Å². The lowest BCUT2D eigenvalue weighted by Crippen LogP contribution is -2.01. The van der Waals surface area contributed by atoms with Gasteiger partial charge in [-0.2, -0.15) is 0 Å². The van der Waals surface area contributed by atoms with Crippen LogP contribution in [0.4, 0.5) is 0 Å². The van der Waals surface area contributed by atoms with Crippen LogP contribution in [0.5, 0.6) is 0 Å². The van der Waals surface area contributed by atoms with Crippen molar-refractivity contribution < 1.29 is 9.90 Å². The second kappa shape index (κ2) is 5.90. The van der Waals surface area contributed by atoms with Crippen LogP contribution < -0.4 is 0 Å².